The topological polar surface area (TPSA) is 105 Å². The van der Waals surface area contributed by atoms with Crippen LogP contribution < -0.4 is 10.6 Å². The minimum Gasteiger partial charge on any atom is -0.353 e. The number of carbonyl (C=O) groups is 1. The first-order valence-electron chi connectivity index (χ1n) is 7.88. The fourth-order valence-corrected chi connectivity index (χ4v) is 3.26. The Hall–Kier alpha value is -3.58. The molecule has 3 heterocycles. The number of carbonyl (C=O) groups excluding carboxylic acids is 1. The van der Waals surface area contributed by atoms with Crippen LogP contribution in [0.2, 0.25) is 0 Å². The van der Waals surface area contributed by atoms with E-state index in [0.717, 1.165) is 11.1 Å². The number of nitrogens with zero attached hydrogens (tertiary/aromatic N) is 4. The molecule has 1 amide bonds. The fraction of sp³-hybridized carbons (Fsp3) is 0.222. The maximum Gasteiger partial charge on any atom is 0.252 e. The van der Waals surface area contributed by atoms with Crippen LogP contribution >= 0.6 is 0 Å². The average Bonchev–Trinajstić information content (AvgIpc) is 3.07. The molecule has 0 aliphatic carbocycles. The van der Waals surface area contributed by atoms with Crippen molar-refractivity contribution in [2.75, 3.05) is 23.7 Å². The highest BCUT2D eigenvalue weighted by atomic mass is 16.2. The summed E-state index contributed by atoms with van der Waals surface area (Å²) in [7, 11) is 0. The Morgan fingerprint density at radius 3 is 2.68 bits per heavy atom. The lowest BCUT2D eigenvalue weighted by Gasteiger charge is -2.34. The quantitative estimate of drug-likeness (QED) is 0.774. The van der Waals surface area contributed by atoms with Crippen LogP contribution in [0, 0.1) is 22.8 Å². The van der Waals surface area contributed by atoms with Crippen LogP contribution in [0.4, 0.5) is 11.5 Å². The molecule has 1 fully saturated rings. The lowest BCUT2D eigenvalue weighted by atomic mass is 9.94. The molecular formula is C18H14N6O. The summed E-state index contributed by atoms with van der Waals surface area (Å²) in [6.45, 7) is 0.892. The van der Waals surface area contributed by atoms with Gasteiger partial charge in [-0.15, -0.1) is 0 Å². The molecule has 7 nitrogen and oxygen atoms in total. The highest BCUT2D eigenvalue weighted by molar-refractivity contribution is 6.06. The van der Waals surface area contributed by atoms with Crippen molar-refractivity contribution in [3.05, 3.63) is 42.1 Å². The zero-order chi connectivity index (χ0) is 17.4. The van der Waals surface area contributed by atoms with E-state index in [9.17, 15) is 4.79 Å². The molecule has 1 atom stereocenters. The summed E-state index contributed by atoms with van der Waals surface area (Å²) in [5, 5.41) is 24.1. The van der Waals surface area contributed by atoms with Crippen molar-refractivity contribution in [2.45, 2.75) is 12.0 Å². The lowest BCUT2D eigenvalue weighted by molar-refractivity contribution is -0.120. The first-order chi connectivity index (χ1) is 12.1. The Kier molecular flexibility index (Phi) is 3.29. The Morgan fingerprint density at radius 2 is 2.00 bits per heavy atom. The molecule has 0 bridgehead atoms. The molecule has 1 saturated heterocycles. The number of rotatable bonds is 1. The highest BCUT2D eigenvalue weighted by Crippen LogP contribution is 2.36. The maximum atomic E-state index is 12.6. The lowest BCUT2D eigenvalue weighted by Crippen LogP contribution is -2.54. The molecule has 0 saturated carbocycles. The van der Waals surface area contributed by atoms with Crippen molar-refractivity contribution in [1.29, 1.82) is 10.5 Å². The van der Waals surface area contributed by atoms with Crippen LogP contribution in [0.3, 0.4) is 0 Å². The van der Waals surface area contributed by atoms with E-state index >= 15 is 0 Å². The van der Waals surface area contributed by atoms with Gasteiger partial charge in [-0.05, 0) is 30.2 Å². The zero-order valence-electron chi connectivity index (χ0n) is 13.3. The molecular weight excluding hydrogens is 316 g/mol. The van der Waals surface area contributed by atoms with Crippen LogP contribution in [-0.4, -0.2) is 34.4 Å². The number of hydrogen-bond donors (Lipinski definition) is 2. The van der Waals surface area contributed by atoms with Crippen molar-refractivity contribution in [2.24, 2.45) is 0 Å². The summed E-state index contributed by atoms with van der Waals surface area (Å²) in [6, 6.07) is 11.1. The molecule has 1 spiro atoms. The molecule has 1 unspecified atom stereocenters. The third-order valence-electron chi connectivity index (χ3n) is 4.69. The minimum absolute atomic E-state index is 0.142. The number of fused-ring (bicyclic) bond motifs is 1. The van der Waals surface area contributed by atoms with E-state index < -0.39 is 5.54 Å². The predicted molar refractivity (Wildman–Crippen MR) is 91.2 cm³/mol. The first kappa shape index (κ1) is 15.0. The van der Waals surface area contributed by atoms with Gasteiger partial charge in [0.25, 0.3) is 5.91 Å². The molecule has 1 aromatic carbocycles. The van der Waals surface area contributed by atoms with Crippen molar-refractivity contribution in [1.82, 2.24) is 9.88 Å². The van der Waals surface area contributed by atoms with E-state index in [0.29, 0.717) is 36.6 Å². The number of nitrogens with one attached hydrogen (secondary N) is 2. The molecule has 7 heteroatoms. The van der Waals surface area contributed by atoms with E-state index in [-0.39, 0.29) is 5.91 Å². The molecule has 1 aromatic heterocycles. The fourth-order valence-electron chi connectivity index (χ4n) is 3.26. The summed E-state index contributed by atoms with van der Waals surface area (Å²) in [6.07, 6.45) is 4.38. The van der Waals surface area contributed by atoms with Crippen LogP contribution in [-0.2, 0) is 4.79 Å². The molecule has 25 heavy (non-hydrogen) atoms. The Balaban J connectivity index is 1.65. The second-order valence-electron chi connectivity index (χ2n) is 6.24. The largest absolute Gasteiger partial charge is 0.353 e. The van der Waals surface area contributed by atoms with Crippen molar-refractivity contribution in [3.8, 4) is 23.4 Å². The van der Waals surface area contributed by atoms with E-state index in [4.69, 9.17) is 10.5 Å². The van der Waals surface area contributed by atoms with Crippen molar-refractivity contribution >= 4 is 17.4 Å². The molecule has 2 aliphatic rings. The summed E-state index contributed by atoms with van der Waals surface area (Å²) in [5.41, 5.74) is 2.18. The van der Waals surface area contributed by atoms with Crippen LogP contribution in [0.5, 0.6) is 0 Å². The molecule has 122 valence electrons. The van der Waals surface area contributed by atoms with Crippen LogP contribution in [0.1, 0.15) is 12.0 Å². The summed E-state index contributed by atoms with van der Waals surface area (Å²) in [4.78, 5) is 18.6. The number of likely N-dealkylation sites (tertiary alicyclic amines) is 1. The third kappa shape index (κ3) is 2.43. The predicted octanol–water partition coefficient (Wildman–Crippen LogP) is 1.91. The van der Waals surface area contributed by atoms with E-state index in [1.807, 2.05) is 18.2 Å². The second-order valence-corrected chi connectivity index (χ2v) is 6.24. The Labute approximate surface area is 144 Å². The van der Waals surface area contributed by atoms with Gasteiger partial charge in [0.15, 0.2) is 12.0 Å². The summed E-state index contributed by atoms with van der Waals surface area (Å²) in [5.74, 6) is 0.466. The number of aromatic nitrogens is 1. The van der Waals surface area contributed by atoms with E-state index in [2.05, 4.69) is 27.9 Å². The van der Waals surface area contributed by atoms with Gasteiger partial charge in [0, 0.05) is 18.3 Å². The van der Waals surface area contributed by atoms with Crippen LogP contribution in [0.25, 0.3) is 11.1 Å². The van der Waals surface area contributed by atoms with Gasteiger partial charge in [-0.25, -0.2) is 4.98 Å². The molecule has 2 N–H and O–H groups in total. The second kappa shape index (κ2) is 5.50. The van der Waals surface area contributed by atoms with Crippen LogP contribution in [0.15, 0.2) is 36.5 Å². The number of hydrogen-bond acceptors (Lipinski definition) is 6. The van der Waals surface area contributed by atoms with Gasteiger partial charge in [-0.2, -0.15) is 10.5 Å². The Bertz CT molecular complexity index is 940. The standard InChI is InChI=1S/C18H14N6O/c19-8-12-1-3-13(4-2-12)14-7-15-16(21-9-14)23-18(17(25)22-15)5-6-24(10-18)11-20/h1-4,7,9H,5-6,10H2,(H,21,23)(H,22,25). The SMILES string of the molecule is N#Cc1ccc(-c2cnc3c(c2)NC(=O)C2(CCN(C#N)C2)N3)cc1. The molecule has 4 rings (SSSR count). The van der Waals surface area contributed by atoms with Crippen molar-refractivity contribution < 1.29 is 4.79 Å². The smallest absolute Gasteiger partial charge is 0.252 e. The molecule has 2 aromatic rings. The zero-order valence-corrected chi connectivity index (χ0v) is 13.3. The van der Waals surface area contributed by atoms with Gasteiger partial charge in [-0.1, -0.05) is 12.1 Å². The van der Waals surface area contributed by atoms with Gasteiger partial charge in [0.05, 0.1) is 23.9 Å². The number of amides is 1. The minimum atomic E-state index is -0.800. The van der Waals surface area contributed by atoms with Gasteiger partial charge in [-0.3, -0.25) is 4.79 Å². The number of anilines is 2. The number of benzene rings is 1. The van der Waals surface area contributed by atoms with Gasteiger partial charge >= 0.3 is 0 Å². The van der Waals surface area contributed by atoms with Gasteiger partial charge in [0.2, 0.25) is 0 Å². The number of nitriles is 2. The van der Waals surface area contributed by atoms with E-state index in [1.54, 1.807) is 23.2 Å². The van der Waals surface area contributed by atoms with Gasteiger partial charge < -0.3 is 15.5 Å². The van der Waals surface area contributed by atoms with Crippen molar-refractivity contribution in [3.63, 3.8) is 0 Å². The highest BCUT2D eigenvalue weighted by Gasteiger charge is 2.47. The monoisotopic (exact) mass is 330 g/mol. The number of pyridine rings is 1. The summed E-state index contributed by atoms with van der Waals surface area (Å²) >= 11 is 0. The van der Waals surface area contributed by atoms with Gasteiger partial charge in [0.1, 0.15) is 5.54 Å². The average molecular weight is 330 g/mol. The molecule has 2 aliphatic heterocycles. The normalized spacial score (nSPS) is 21.0. The van der Waals surface area contributed by atoms with E-state index in [1.165, 1.54) is 0 Å². The first-order valence-corrected chi connectivity index (χ1v) is 7.88. The third-order valence-corrected chi connectivity index (χ3v) is 4.69. The summed E-state index contributed by atoms with van der Waals surface area (Å²) < 4.78 is 0. The molecule has 0 radical (unpaired) electrons. The Morgan fingerprint density at radius 1 is 1.20 bits per heavy atom. The maximum absolute atomic E-state index is 12.6.